The molecule has 1 atom stereocenters. The van der Waals surface area contributed by atoms with Crippen LogP contribution in [-0.4, -0.2) is 48.8 Å². The average molecular weight is 554 g/mol. The minimum atomic E-state index is -3.92. The Kier molecular flexibility index (Phi) is 15.0. The molecule has 0 aliphatic carbocycles. The maximum absolute atomic E-state index is 9.80. The number of anilines is 2. The SMILES string of the molecule is CCCS[As](SCCSOO[O-])c1ccc(Nc2ccccc2)cc1.CS(=O)(=O)[O-]. The topological polar surface area (TPSA) is 111 Å². The Hall–Kier alpha value is -0.362. The fraction of sp³-hybridized carbons (Fsp3) is 0.333. The Morgan fingerprint density at radius 3 is 2.10 bits per heavy atom. The van der Waals surface area contributed by atoms with Gasteiger partial charge in [0.2, 0.25) is 0 Å². The molecule has 0 radical (unpaired) electrons. The van der Waals surface area contributed by atoms with Crippen molar-refractivity contribution in [2.45, 2.75) is 13.3 Å². The summed E-state index contributed by atoms with van der Waals surface area (Å²) in [5.74, 6) is 2.89. The fourth-order valence-electron chi connectivity index (χ4n) is 1.92. The van der Waals surface area contributed by atoms with E-state index in [0.717, 1.165) is 34.9 Å². The molecule has 0 bridgehead atoms. The minimum absolute atomic E-state index is 0.604. The van der Waals surface area contributed by atoms with Crippen LogP contribution < -0.4 is 14.9 Å². The van der Waals surface area contributed by atoms with Crippen molar-refractivity contribution < 1.29 is 27.6 Å². The number of para-hydroxylation sites is 1. The molecule has 7 nitrogen and oxygen atoms in total. The van der Waals surface area contributed by atoms with E-state index in [-0.39, 0.29) is 0 Å². The molecule has 0 amide bonds. The van der Waals surface area contributed by atoms with E-state index in [1.807, 2.05) is 28.2 Å². The van der Waals surface area contributed by atoms with Gasteiger partial charge in [-0.25, -0.2) is 8.42 Å². The van der Waals surface area contributed by atoms with Crippen LogP contribution in [0.1, 0.15) is 13.3 Å². The van der Waals surface area contributed by atoms with Crippen LogP contribution in [0.4, 0.5) is 11.4 Å². The summed E-state index contributed by atoms with van der Waals surface area (Å²) >= 11 is -0.159. The number of hydrogen-bond acceptors (Lipinski definition) is 10. The molecule has 12 heteroatoms. The quantitative estimate of drug-likeness (QED) is 0.105. The molecule has 168 valence electrons. The number of rotatable bonds is 12. The first-order valence-corrected chi connectivity index (χ1v) is 18.9. The Labute approximate surface area is 193 Å². The van der Waals surface area contributed by atoms with Gasteiger partial charge in [0.25, 0.3) is 0 Å². The van der Waals surface area contributed by atoms with Gasteiger partial charge >= 0.3 is 165 Å². The first-order valence-electron chi connectivity index (χ1n) is 8.80. The number of nitrogens with one attached hydrogen (secondary N) is 1. The van der Waals surface area contributed by atoms with E-state index in [4.69, 9.17) is 13.0 Å². The number of hydrogen-bond donors (Lipinski definition) is 1. The molecule has 0 saturated carbocycles. The molecule has 0 fully saturated rings. The van der Waals surface area contributed by atoms with Crippen molar-refractivity contribution in [2.24, 2.45) is 0 Å². The van der Waals surface area contributed by atoms with Crippen molar-refractivity contribution in [3.63, 3.8) is 0 Å². The van der Waals surface area contributed by atoms with Crippen molar-refractivity contribution in [3.05, 3.63) is 54.6 Å². The zero-order chi connectivity index (χ0) is 22.2. The molecule has 1 unspecified atom stereocenters. The molecule has 0 spiro atoms. The summed E-state index contributed by atoms with van der Waals surface area (Å²) in [6.45, 7) is 2.21. The largest absolute Gasteiger partial charge is 0.748 e. The first-order chi connectivity index (χ1) is 14.3. The first kappa shape index (κ1) is 27.7. The van der Waals surface area contributed by atoms with Gasteiger partial charge < -0.3 is 4.55 Å². The maximum Gasteiger partial charge on any atom is 0.0916 e. The van der Waals surface area contributed by atoms with Gasteiger partial charge in [0.1, 0.15) is 0 Å². The van der Waals surface area contributed by atoms with Gasteiger partial charge in [-0.15, -0.1) is 0 Å². The summed E-state index contributed by atoms with van der Waals surface area (Å²) in [6, 6.07) is 19.0. The van der Waals surface area contributed by atoms with Gasteiger partial charge in [0.15, 0.2) is 0 Å². The van der Waals surface area contributed by atoms with Crippen LogP contribution in [0.2, 0.25) is 0 Å². The molecule has 0 aromatic heterocycles. The van der Waals surface area contributed by atoms with Crippen LogP contribution in [0.25, 0.3) is 0 Å². The number of benzene rings is 2. The van der Waals surface area contributed by atoms with Gasteiger partial charge in [-0.05, 0) is 0 Å². The predicted octanol–water partition coefficient (Wildman–Crippen LogP) is 3.03. The Morgan fingerprint density at radius 1 is 0.967 bits per heavy atom. The molecule has 2 rings (SSSR count). The normalized spacial score (nSPS) is 12.0. The van der Waals surface area contributed by atoms with Crippen LogP contribution in [0.5, 0.6) is 0 Å². The molecular weight excluding hydrogens is 529 g/mol. The summed E-state index contributed by atoms with van der Waals surface area (Å²) in [4.78, 5) is 0. The van der Waals surface area contributed by atoms with Crippen LogP contribution in [-0.2, 0) is 19.5 Å². The molecule has 30 heavy (non-hydrogen) atoms. The third-order valence-corrected chi connectivity index (χ3v) is 17.5. The van der Waals surface area contributed by atoms with E-state index >= 15 is 0 Å². The van der Waals surface area contributed by atoms with Crippen LogP contribution in [0, 0.1) is 0 Å². The molecule has 0 saturated heterocycles. The standard InChI is InChI=1S/C17H22AsNO3S3.CH4O3S/c1-2-12-23-18(24-13-14-25-22-21-20)15-8-10-17(11-9-15)19-16-6-4-3-5-7-16;1-5(2,3)4/h3-11,19-20H,2,12-14H2,1H3;1H3,(H,2,3,4)/p-2. The van der Waals surface area contributed by atoms with E-state index in [0.29, 0.717) is 6.26 Å². The molecule has 0 aliphatic heterocycles. The second kappa shape index (κ2) is 16.3. The summed E-state index contributed by atoms with van der Waals surface area (Å²) in [5, 5.41) is 16.6. The Balaban J connectivity index is 0.000000804. The second-order valence-electron chi connectivity index (χ2n) is 5.62. The van der Waals surface area contributed by atoms with Crippen molar-refractivity contribution in [2.75, 3.05) is 28.8 Å². The summed E-state index contributed by atoms with van der Waals surface area (Å²) in [6.07, 6.45) is 1.79. The molecule has 0 aliphatic rings. The Morgan fingerprint density at radius 2 is 1.53 bits per heavy atom. The van der Waals surface area contributed by atoms with Gasteiger partial charge in [0, 0.05) is 6.26 Å². The molecular formula is C18H24AsNO6S4-2. The molecule has 2 aromatic rings. The van der Waals surface area contributed by atoms with Crippen LogP contribution in [0.15, 0.2) is 54.6 Å². The van der Waals surface area contributed by atoms with Gasteiger partial charge in [0.05, 0.1) is 10.1 Å². The van der Waals surface area contributed by atoms with Crippen LogP contribution >= 0.6 is 32.1 Å². The fourth-order valence-corrected chi connectivity index (χ4v) is 16.1. The van der Waals surface area contributed by atoms with E-state index in [2.05, 4.69) is 68.0 Å². The second-order valence-corrected chi connectivity index (χ2v) is 19.6. The summed E-state index contributed by atoms with van der Waals surface area (Å²) < 4.78 is 33.0. The van der Waals surface area contributed by atoms with E-state index in [1.54, 1.807) is 0 Å². The predicted molar refractivity (Wildman–Crippen MR) is 127 cm³/mol. The van der Waals surface area contributed by atoms with E-state index in [9.17, 15) is 5.26 Å². The van der Waals surface area contributed by atoms with Crippen molar-refractivity contribution >= 4 is 70.3 Å². The average Bonchev–Trinajstić information content (AvgIpc) is 2.70. The third kappa shape index (κ3) is 14.6. The molecule has 1 N–H and O–H groups in total. The summed E-state index contributed by atoms with van der Waals surface area (Å²) in [5.41, 5.74) is 2.20. The smallest absolute Gasteiger partial charge is 0.0916 e. The summed E-state index contributed by atoms with van der Waals surface area (Å²) in [7, 11) is 0.182. The van der Waals surface area contributed by atoms with Gasteiger partial charge in [-0.1, -0.05) is 0 Å². The molecule has 0 heterocycles. The van der Waals surface area contributed by atoms with Gasteiger partial charge in [-0.2, -0.15) is 0 Å². The van der Waals surface area contributed by atoms with Crippen LogP contribution in [0.3, 0.4) is 0 Å². The maximum atomic E-state index is 9.80. The zero-order valence-corrected chi connectivity index (χ0v) is 21.7. The van der Waals surface area contributed by atoms with E-state index in [1.165, 1.54) is 16.5 Å². The monoisotopic (exact) mass is 553 g/mol. The van der Waals surface area contributed by atoms with Gasteiger partial charge in [-0.3, -0.25) is 0 Å². The zero-order valence-electron chi connectivity index (χ0n) is 16.6. The molecule has 2 aromatic carbocycles. The Bertz CT molecular complexity index is 788. The van der Waals surface area contributed by atoms with E-state index < -0.39 is 22.5 Å². The minimum Gasteiger partial charge on any atom is -0.748 e. The van der Waals surface area contributed by atoms with Crippen molar-refractivity contribution in [3.8, 4) is 0 Å². The van der Waals surface area contributed by atoms with Crippen molar-refractivity contribution in [1.82, 2.24) is 0 Å². The third-order valence-electron chi connectivity index (χ3n) is 3.00. The van der Waals surface area contributed by atoms with Crippen molar-refractivity contribution in [1.29, 1.82) is 0 Å².